The molecule has 136 valence electrons. The van der Waals surface area contributed by atoms with Crippen LogP contribution in [0.4, 0.5) is 0 Å². The molecule has 1 amide bonds. The maximum atomic E-state index is 13.2. The highest BCUT2D eigenvalue weighted by Gasteiger charge is 2.27. The van der Waals surface area contributed by atoms with Crippen LogP contribution in [0.3, 0.4) is 0 Å². The van der Waals surface area contributed by atoms with Crippen LogP contribution < -0.4 is 5.56 Å². The first-order chi connectivity index (χ1) is 12.6. The Bertz CT molecular complexity index is 1030. The zero-order chi connectivity index (χ0) is 18.3. The standard InChI is InChI=1S/C20H24N4O2/c1-14(19(25)23-11-7-3-4-8-12-23)24-17-10-6-5-9-15(17)16-13-21-22(2)20(26)18(16)24/h5-6,9-10,13-14H,3-4,7-8,11-12H2,1-2H3/t14-/m0/s1. The van der Waals surface area contributed by atoms with Gasteiger partial charge in [-0.3, -0.25) is 9.59 Å². The molecule has 1 atom stereocenters. The van der Waals surface area contributed by atoms with Gasteiger partial charge in [0.15, 0.2) is 0 Å². The molecule has 3 aromatic rings. The summed E-state index contributed by atoms with van der Waals surface area (Å²) in [6.07, 6.45) is 6.19. The lowest BCUT2D eigenvalue weighted by molar-refractivity contribution is -0.134. The summed E-state index contributed by atoms with van der Waals surface area (Å²) in [5, 5.41) is 5.94. The van der Waals surface area contributed by atoms with Crippen LogP contribution in [0.2, 0.25) is 0 Å². The molecule has 0 N–H and O–H groups in total. The number of amides is 1. The second-order valence-corrected chi connectivity index (χ2v) is 7.14. The van der Waals surface area contributed by atoms with Crippen molar-refractivity contribution < 1.29 is 4.79 Å². The van der Waals surface area contributed by atoms with Crippen molar-refractivity contribution in [3.63, 3.8) is 0 Å². The fourth-order valence-electron chi connectivity index (χ4n) is 4.06. The third kappa shape index (κ3) is 2.60. The van der Waals surface area contributed by atoms with Crippen molar-refractivity contribution in [1.82, 2.24) is 19.2 Å². The minimum atomic E-state index is -0.425. The quantitative estimate of drug-likeness (QED) is 0.712. The zero-order valence-corrected chi connectivity index (χ0v) is 15.3. The average Bonchev–Trinajstić information content (AvgIpc) is 2.80. The highest BCUT2D eigenvalue weighted by atomic mass is 16.2. The average molecular weight is 352 g/mol. The number of rotatable bonds is 2. The lowest BCUT2D eigenvalue weighted by Crippen LogP contribution is -2.37. The van der Waals surface area contributed by atoms with Crippen LogP contribution >= 0.6 is 0 Å². The van der Waals surface area contributed by atoms with Crippen molar-refractivity contribution in [2.45, 2.75) is 38.6 Å². The summed E-state index contributed by atoms with van der Waals surface area (Å²) < 4.78 is 3.24. The van der Waals surface area contributed by atoms with Crippen LogP contribution in [-0.2, 0) is 11.8 Å². The van der Waals surface area contributed by atoms with Crippen LogP contribution in [-0.4, -0.2) is 38.2 Å². The second-order valence-electron chi connectivity index (χ2n) is 7.14. The predicted octanol–water partition coefficient (Wildman–Crippen LogP) is 2.85. The number of carbonyl (C=O) groups is 1. The molecule has 1 aliphatic rings. The molecular weight excluding hydrogens is 328 g/mol. The van der Waals surface area contributed by atoms with Gasteiger partial charge in [0.2, 0.25) is 5.91 Å². The van der Waals surface area contributed by atoms with E-state index in [2.05, 4.69) is 5.10 Å². The Morgan fingerprint density at radius 1 is 1.08 bits per heavy atom. The highest BCUT2D eigenvalue weighted by Crippen LogP contribution is 2.30. The van der Waals surface area contributed by atoms with Crippen LogP contribution in [0.1, 0.15) is 38.6 Å². The van der Waals surface area contributed by atoms with Gasteiger partial charge in [0.1, 0.15) is 11.6 Å². The van der Waals surface area contributed by atoms with Gasteiger partial charge < -0.3 is 9.47 Å². The van der Waals surface area contributed by atoms with E-state index in [-0.39, 0.29) is 11.5 Å². The van der Waals surface area contributed by atoms with Gasteiger partial charge in [0.05, 0.1) is 11.7 Å². The maximum absolute atomic E-state index is 13.2. The van der Waals surface area contributed by atoms with E-state index in [0.29, 0.717) is 5.52 Å². The van der Waals surface area contributed by atoms with Crippen LogP contribution in [0.15, 0.2) is 35.3 Å². The van der Waals surface area contributed by atoms with E-state index in [0.717, 1.165) is 42.2 Å². The topological polar surface area (TPSA) is 60.1 Å². The summed E-state index contributed by atoms with van der Waals surface area (Å²) in [5.41, 5.74) is 1.29. The van der Waals surface area contributed by atoms with Crippen LogP contribution in [0.5, 0.6) is 0 Å². The van der Waals surface area contributed by atoms with Crippen LogP contribution in [0, 0.1) is 0 Å². The summed E-state index contributed by atoms with van der Waals surface area (Å²) in [7, 11) is 1.64. The first-order valence-corrected chi connectivity index (χ1v) is 9.33. The molecule has 26 heavy (non-hydrogen) atoms. The molecule has 1 aromatic carbocycles. The molecule has 0 spiro atoms. The summed E-state index contributed by atoms with van der Waals surface area (Å²) in [6, 6.07) is 7.42. The number of likely N-dealkylation sites (tertiary alicyclic amines) is 1. The smallest absolute Gasteiger partial charge is 0.291 e. The molecule has 4 rings (SSSR count). The van der Waals surface area contributed by atoms with E-state index in [4.69, 9.17) is 0 Å². The van der Waals surface area contributed by atoms with Crippen molar-refractivity contribution in [1.29, 1.82) is 0 Å². The van der Waals surface area contributed by atoms with Crippen molar-refractivity contribution in [2.24, 2.45) is 7.05 Å². The number of aryl methyl sites for hydroxylation is 1. The minimum Gasteiger partial charge on any atom is -0.341 e. The largest absolute Gasteiger partial charge is 0.341 e. The fourth-order valence-corrected chi connectivity index (χ4v) is 4.06. The Kier molecular flexibility index (Phi) is 4.26. The molecule has 0 radical (unpaired) electrons. The SMILES string of the molecule is C[C@@H](C(=O)N1CCCCCC1)n1c2ccccc2c2cnn(C)c(=O)c21. The number of fused-ring (bicyclic) bond motifs is 3. The molecule has 6 nitrogen and oxygen atoms in total. The van der Waals surface area contributed by atoms with Gasteiger partial charge in [-0.2, -0.15) is 5.10 Å². The number of aromatic nitrogens is 3. The number of carbonyl (C=O) groups excluding carboxylic acids is 1. The van der Waals surface area contributed by atoms with Crippen LogP contribution in [0.25, 0.3) is 21.8 Å². The van der Waals surface area contributed by atoms with E-state index < -0.39 is 6.04 Å². The monoisotopic (exact) mass is 352 g/mol. The lowest BCUT2D eigenvalue weighted by Gasteiger charge is -2.25. The van der Waals surface area contributed by atoms with Gasteiger partial charge in [-0.05, 0) is 25.8 Å². The van der Waals surface area contributed by atoms with E-state index >= 15 is 0 Å². The Morgan fingerprint density at radius 3 is 2.50 bits per heavy atom. The van der Waals surface area contributed by atoms with Gasteiger partial charge >= 0.3 is 0 Å². The first kappa shape index (κ1) is 16.8. The Morgan fingerprint density at radius 2 is 1.77 bits per heavy atom. The molecule has 6 heteroatoms. The summed E-state index contributed by atoms with van der Waals surface area (Å²) in [5.74, 6) is 0.0911. The lowest BCUT2D eigenvalue weighted by atomic mass is 10.2. The van der Waals surface area contributed by atoms with Crippen molar-refractivity contribution in [3.05, 3.63) is 40.8 Å². The van der Waals surface area contributed by atoms with E-state index in [9.17, 15) is 9.59 Å². The highest BCUT2D eigenvalue weighted by molar-refractivity contribution is 6.08. The first-order valence-electron chi connectivity index (χ1n) is 9.33. The van der Waals surface area contributed by atoms with E-state index in [1.165, 1.54) is 17.5 Å². The number of hydrogen-bond donors (Lipinski definition) is 0. The zero-order valence-electron chi connectivity index (χ0n) is 15.3. The summed E-state index contributed by atoms with van der Waals surface area (Å²) in [6.45, 7) is 3.51. The predicted molar refractivity (Wildman–Crippen MR) is 102 cm³/mol. The molecule has 0 saturated carbocycles. The minimum absolute atomic E-state index is 0.0911. The van der Waals surface area contributed by atoms with E-state index in [1.54, 1.807) is 13.2 Å². The van der Waals surface area contributed by atoms with Gasteiger partial charge in [0.25, 0.3) is 5.56 Å². The molecular formula is C20H24N4O2. The van der Waals surface area contributed by atoms with Crippen molar-refractivity contribution >= 4 is 27.7 Å². The fraction of sp³-hybridized carbons (Fsp3) is 0.450. The summed E-state index contributed by atoms with van der Waals surface area (Å²) in [4.78, 5) is 28.0. The second kappa shape index (κ2) is 6.59. The maximum Gasteiger partial charge on any atom is 0.291 e. The Balaban J connectivity index is 1.90. The Labute approximate surface area is 152 Å². The molecule has 0 bridgehead atoms. The molecule has 2 aromatic heterocycles. The van der Waals surface area contributed by atoms with Gasteiger partial charge in [-0.15, -0.1) is 0 Å². The Hall–Kier alpha value is -2.63. The molecule has 1 saturated heterocycles. The molecule has 1 fully saturated rings. The number of hydrogen-bond acceptors (Lipinski definition) is 3. The summed E-state index contributed by atoms with van der Waals surface area (Å²) >= 11 is 0. The number of nitrogens with zero attached hydrogens (tertiary/aromatic N) is 4. The van der Waals surface area contributed by atoms with Crippen molar-refractivity contribution in [3.8, 4) is 0 Å². The molecule has 0 unspecified atom stereocenters. The van der Waals surface area contributed by atoms with Gasteiger partial charge in [0, 0.05) is 30.9 Å². The third-order valence-electron chi connectivity index (χ3n) is 5.47. The number of para-hydroxylation sites is 1. The van der Waals surface area contributed by atoms with Gasteiger partial charge in [-0.25, -0.2) is 4.68 Å². The van der Waals surface area contributed by atoms with E-state index in [1.807, 2.05) is 40.7 Å². The van der Waals surface area contributed by atoms with Crippen molar-refractivity contribution in [2.75, 3.05) is 13.1 Å². The third-order valence-corrected chi connectivity index (χ3v) is 5.47. The molecule has 3 heterocycles. The molecule has 0 aliphatic carbocycles. The molecule has 1 aliphatic heterocycles. The normalized spacial score (nSPS) is 16.8. The number of benzene rings is 1. The van der Waals surface area contributed by atoms with Gasteiger partial charge in [-0.1, -0.05) is 31.0 Å².